The molecule has 0 atom stereocenters. The first kappa shape index (κ1) is 20.3. The smallest absolute Gasteiger partial charge is 0.266 e. The van der Waals surface area contributed by atoms with Crippen LogP contribution in [0.5, 0.6) is 11.5 Å². The largest absolute Gasteiger partial charge is 0.494 e. The van der Waals surface area contributed by atoms with Crippen molar-refractivity contribution >= 4 is 39.3 Å². The van der Waals surface area contributed by atoms with Crippen LogP contribution in [0.4, 0.5) is 5.69 Å². The molecule has 154 valence electrons. The van der Waals surface area contributed by atoms with E-state index in [-0.39, 0.29) is 12.5 Å². The van der Waals surface area contributed by atoms with E-state index in [0.717, 1.165) is 39.6 Å². The highest BCUT2D eigenvalue weighted by molar-refractivity contribution is 8.13. The minimum absolute atomic E-state index is 0.0127. The molecule has 0 spiro atoms. The quantitative estimate of drug-likeness (QED) is 0.545. The van der Waals surface area contributed by atoms with Crippen LogP contribution in [0.15, 0.2) is 71.7 Å². The second-order valence-electron chi connectivity index (χ2n) is 6.87. The molecule has 1 amide bonds. The van der Waals surface area contributed by atoms with Crippen molar-refractivity contribution in [2.75, 3.05) is 25.5 Å². The van der Waals surface area contributed by atoms with Crippen LogP contribution in [0.25, 0.3) is 10.8 Å². The number of nitrogens with zero attached hydrogens (tertiary/aromatic N) is 2. The van der Waals surface area contributed by atoms with Crippen LogP contribution >= 0.6 is 11.8 Å². The molecular weight excluding hydrogens is 396 g/mol. The average molecular weight is 421 g/mol. The Morgan fingerprint density at radius 1 is 1.00 bits per heavy atom. The number of aliphatic imine (C=N–C) groups is 1. The first-order valence-corrected chi connectivity index (χ1v) is 11.1. The molecule has 3 aromatic rings. The van der Waals surface area contributed by atoms with Crippen LogP contribution < -0.4 is 9.47 Å². The summed E-state index contributed by atoms with van der Waals surface area (Å²) in [4.78, 5) is 19.3. The van der Waals surface area contributed by atoms with Crippen molar-refractivity contribution in [3.8, 4) is 11.5 Å². The lowest BCUT2D eigenvalue weighted by Gasteiger charge is -2.27. The van der Waals surface area contributed by atoms with Crippen molar-refractivity contribution in [1.82, 2.24) is 4.90 Å². The van der Waals surface area contributed by atoms with Gasteiger partial charge in [0.25, 0.3) is 5.91 Å². The van der Waals surface area contributed by atoms with E-state index in [1.54, 1.807) is 16.7 Å². The van der Waals surface area contributed by atoms with Crippen molar-refractivity contribution in [1.29, 1.82) is 0 Å². The Morgan fingerprint density at radius 3 is 2.57 bits per heavy atom. The van der Waals surface area contributed by atoms with Crippen LogP contribution in [0, 0.1) is 0 Å². The zero-order valence-electron chi connectivity index (χ0n) is 16.9. The molecule has 0 aromatic heterocycles. The van der Waals surface area contributed by atoms with Crippen LogP contribution in [-0.4, -0.2) is 41.5 Å². The Hall–Kier alpha value is -2.99. The van der Waals surface area contributed by atoms with Gasteiger partial charge < -0.3 is 9.47 Å². The molecule has 1 fully saturated rings. The standard InChI is InChI=1S/C24H24N2O3S/c1-2-28-21-12-9-20(10-13-21)25-24-26(14-5-15-30-24)23(27)17-29-22-11-8-18-6-3-4-7-19(18)16-22/h3-4,6-13,16H,2,5,14-15,17H2,1H3. The van der Waals surface area contributed by atoms with Gasteiger partial charge in [0, 0.05) is 12.3 Å². The van der Waals surface area contributed by atoms with E-state index in [2.05, 4.69) is 6.07 Å². The van der Waals surface area contributed by atoms with Gasteiger partial charge in [-0.2, -0.15) is 0 Å². The van der Waals surface area contributed by atoms with Crippen molar-refractivity contribution in [2.45, 2.75) is 13.3 Å². The molecule has 1 heterocycles. The second kappa shape index (κ2) is 9.67. The summed E-state index contributed by atoms with van der Waals surface area (Å²) in [5.74, 6) is 2.37. The van der Waals surface area contributed by atoms with E-state index < -0.39 is 0 Å². The Bertz CT molecular complexity index is 1050. The highest BCUT2D eigenvalue weighted by atomic mass is 32.2. The summed E-state index contributed by atoms with van der Waals surface area (Å²) in [6, 6.07) is 21.5. The third-order valence-electron chi connectivity index (χ3n) is 4.74. The Balaban J connectivity index is 1.44. The normalized spacial score (nSPS) is 15.4. The topological polar surface area (TPSA) is 51.1 Å². The van der Waals surface area contributed by atoms with Crippen molar-refractivity contribution < 1.29 is 14.3 Å². The molecule has 1 aliphatic rings. The Morgan fingerprint density at radius 2 is 1.77 bits per heavy atom. The number of hydrogen-bond donors (Lipinski definition) is 0. The molecule has 4 rings (SSSR count). The number of thioether (sulfide) groups is 1. The van der Waals surface area contributed by atoms with Gasteiger partial charge in [-0.25, -0.2) is 4.99 Å². The van der Waals surface area contributed by atoms with Crippen molar-refractivity contribution in [3.63, 3.8) is 0 Å². The average Bonchev–Trinajstić information content (AvgIpc) is 2.79. The summed E-state index contributed by atoms with van der Waals surface area (Å²) in [6.07, 6.45) is 0.939. The number of rotatable bonds is 6. The van der Waals surface area contributed by atoms with Crippen LogP contribution in [0.1, 0.15) is 13.3 Å². The van der Waals surface area contributed by atoms with Gasteiger partial charge in [-0.1, -0.05) is 42.1 Å². The second-order valence-corrected chi connectivity index (χ2v) is 7.93. The molecule has 0 radical (unpaired) electrons. The maximum absolute atomic E-state index is 12.9. The lowest BCUT2D eigenvalue weighted by atomic mass is 10.1. The summed E-state index contributed by atoms with van der Waals surface area (Å²) >= 11 is 1.60. The highest BCUT2D eigenvalue weighted by Crippen LogP contribution is 2.25. The monoisotopic (exact) mass is 420 g/mol. The van der Waals surface area contributed by atoms with E-state index in [1.165, 1.54) is 0 Å². The van der Waals surface area contributed by atoms with Gasteiger partial charge in [-0.15, -0.1) is 0 Å². The van der Waals surface area contributed by atoms with Gasteiger partial charge in [0.15, 0.2) is 11.8 Å². The fraction of sp³-hybridized carbons (Fsp3) is 0.250. The maximum atomic E-state index is 12.9. The Kier molecular flexibility index (Phi) is 6.54. The molecule has 1 saturated heterocycles. The SMILES string of the molecule is CCOc1ccc(N=C2SCCCN2C(=O)COc2ccc3ccccc3c2)cc1. The lowest BCUT2D eigenvalue weighted by Crippen LogP contribution is -2.41. The Labute approximate surface area is 180 Å². The molecule has 0 aliphatic carbocycles. The first-order valence-electron chi connectivity index (χ1n) is 10.1. The zero-order chi connectivity index (χ0) is 20.8. The van der Waals surface area contributed by atoms with Gasteiger partial charge in [0.1, 0.15) is 11.5 Å². The first-order chi connectivity index (χ1) is 14.7. The third kappa shape index (κ3) is 4.94. The molecule has 0 N–H and O–H groups in total. The van der Waals surface area contributed by atoms with E-state index in [4.69, 9.17) is 14.5 Å². The number of ether oxygens (including phenoxy) is 2. The van der Waals surface area contributed by atoms with Gasteiger partial charge in [-0.3, -0.25) is 9.69 Å². The molecule has 1 aliphatic heterocycles. The van der Waals surface area contributed by atoms with E-state index in [0.29, 0.717) is 18.9 Å². The minimum atomic E-state index is -0.0833. The van der Waals surface area contributed by atoms with E-state index in [1.807, 2.05) is 67.6 Å². The molecule has 3 aromatic carbocycles. The molecule has 0 unspecified atom stereocenters. The number of amidine groups is 1. The third-order valence-corrected chi connectivity index (χ3v) is 5.81. The molecule has 30 heavy (non-hydrogen) atoms. The summed E-state index contributed by atoms with van der Waals surface area (Å²) in [6.45, 7) is 3.23. The number of hydrogen-bond acceptors (Lipinski definition) is 5. The summed E-state index contributed by atoms with van der Waals surface area (Å²) < 4.78 is 11.3. The minimum Gasteiger partial charge on any atom is -0.494 e. The number of amides is 1. The highest BCUT2D eigenvalue weighted by Gasteiger charge is 2.24. The number of fused-ring (bicyclic) bond motifs is 1. The molecule has 5 nitrogen and oxygen atoms in total. The van der Waals surface area contributed by atoms with Gasteiger partial charge >= 0.3 is 0 Å². The summed E-state index contributed by atoms with van der Waals surface area (Å²) in [5, 5.41) is 2.96. The van der Waals surface area contributed by atoms with Crippen LogP contribution in [-0.2, 0) is 4.79 Å². The van der Waals surface area contributed by atoms with Crippen molar-refractivity contribution in [2.24, 2.45) is 4.99 Å². The summed E-state index contributed by atoms with van der Waals surface area (Å²) in [7, 11) is 0. The fourth-order valence-electron chi connectivity index (χ4n) is 3.26. The predicted octanol–water partition coefficient (Wildman–Crippen LogP) is 5.27. The lowest BCUT2D eigenvalue weighted by molar-refractivity contribution is -0.129. The summed E-state index contributed by atoms with van der Waals surface area (Å²) in [5.41, 5.74) is 0.802. The van der Waals surface area contributed by atoms with Crippen LogP contribution in [0.3, 0.4) is 0 Å². The number of benzene rings is 3. The number of carbonyl (C=O) groups is 1. The maximum Gasteiger partial charge on any atom is 0.266 e. The van der Waals surface area contributed by atoms with Crippen molar-refractivity contribution in [3.05, 3.63) is 66.7 Å². The predicted molar refractivity (Wildman–Crippen MR) is 123 cm³/mol. The molecule has 0 bridgehead atoms. The zero-order valence-corrected chi connectivity index (χ0v) is 17.7. The number of carbonyl (C=O) groups excluding carboxylic acids is 1. The van der Waals surface area contributed by atoms with Gasteiger partial charge in [0.05, 0.1) is 12.3 Å². The molecule has 6 heteroatoms. The molecular formula is C24H24N2O3S. The van der Waals surface area contributed by atoms with E-state index >= 15 is 0 Å². The molecule has 0 saturated carbocycles. The van der Waals surface area contributed by atoms with Gasteiger partial charge in [-0.05, 0) is 60.5 Å². The fourth-order valence-corrected chi connectivity index (χ4v) is 4.23. The van der Waals surface area contributed by atoms with E-state index in [9.17, 15) is 4.79 Å². The van der Waals surface area contributed by atoms with Crippen LogP contribution in [0.2, 0.25) is 0 Å². The van der Waals surface area contributed by atoms with Gasteiger partial charge in [0.2, 0.25) is 0 Å².